The number of para-hydroxylation sites is 1. The van der Waals surface area contributed by atoms with Gasteiger partial charge < -0.3 is 11.6 Å². The number of primary amides is 1. The number of carbonyl (C=O) groups is 2. The molecule has 0 radical (unpaired) electrons. The highest BCUT2D eigenvalue weighted by Crippen LogP contribution is 2.33. The lowest BCUT2D eigenvalue weighted by atomic mass is 10.0. The van der Waals surface area contributed by atoms with Gasteiger partial charge in [0.05, 0.1) is 16.5 Å². The largest absolute Gasteiger partial charge is 0.351 e. The molecule has 4 aromatic rings. The molecule has 10 heteroatoms. The van der Waals surface area contributed by atoms with Crippen molar-refractivity contribution in [2.75, 3.05) is 5.84 Å². The van der Waals surface area contributed by atoms with Gasteiger partial charge >= 0.3 is 6.03 Å². The van der Waals surface area contributed by atoms with E-state index >= 15 is 0 Å². The first-order valence-corrected chi connectivity index (χ1v) is 11.6. The number of fused-ring (bicyclic) bond motifs is 1. The fourth-order valence-electron chi connectivity index (χ4n) is 3.57. The first-order valence-electron chi connectivity index (χ1n) is 10.7. The first kappa shape index (κ1) is 23.2. The van der Waals surface area contributed by atoms with Crippen LogP contribution in [0.25, 0.3) is 33.5 Å². The third-order valence-corrected chi connectivity index (χ3v) is 6.81. The van der Waals surface area contributed by atoms with E-state index in [1.54, 1.807) is 0 Å². The summed E-state index contributed by atoms with van der Waals surface area (Å²) in [6.45, 7) is 5.76. The maximum atomic E-state index is 12.4. The number of thioether (sulfide) groups is 1. The number of urea groups is 1. The molecule has 0 aliphatic carbocycles. The number of carbonyl (C=O) groups excluding carboxylic acids is 2. The van der Waals surface area contributed by atoms with E-state index in [4.69, 9.17) is 16.6 Å². The van der Waals surface area contributed by atoms with E-state index in [1.807, 2.05) is 75.4 Å². The molecule has 0 unspecified atom stereocenters. The quantitative estimate of drug-likeness (QED) is 0.286. The van der Waals surface area contributed by atoms with Gasteiger partial charge in [0.25, 0.3) is 0 Å². The Morgan fingerprint density at radius 1 is 1.06 bits per heavy atom. The smallest absolute Gasteiger partial charge is 0.318 e. The highest BCUT2D eigenvalue weighted by atomic mass is 32.2. The van der Waals surface area contributed by atoms with Gasteiger partial charge in [-0.25, -0.2) is 14.5 Å². The number of hydrogen-bond donors (Lipinski definition) is 3. The average Bonchev–Trinajstić information content (AvgIpc) is 3.16. The Hall–Kier alpha value is -3.92. The highest BCUT2D eigenvalue weighted by Gasteiger charge is 2.28. The number of rotatable bonds is 6. The maximum absolute atomic E-state index is 12.4. The number of nitrogen functional groups attached to an aromatic ring is 1. The third-order valence-electron chi connectivity index (χ3n) is 5.31. The summed E-state index contributed by atoms with van der Waals surface area (Å²) in [6.07, 6.45) is 0. The molecule has 5 N–H and O–H groups in total. The van der Waals surface area contributed by atoms with Crippen molar-refractivity contribution in [3.8, 4) is 22.6 Å². The number of aryl methyl sites for hydroxylation is 1. The van der Waals surface area contributed by atoms with E-state index in [1.165, 1.54) is 4.68 Å². The van der Waals surface area contributed by atoms with Crippen molar-refractivity contribution < 1.29 is 9.59 Å². The average molecular weight is 476 g/mol. The molecular formula is C24H25N7O2S. The van der Waals surface area contributed by atoms with Crippen molar-refractivity contribution in [1.82, 2.24) is 25.2 Å². The lowest BCUT2D eigenvalue weighted by Gasteiger charge is -2.18. The predicted molar refractivity (Wildman–Crippen MR) is 133 cm³/mol. The molecule has 1 atom stereocenters. The van der Waals surface area contributed by atoms with Crippen LogP contribution in [-0.2, 0) is 4.79 Å². The van der Waals surface area contributed by atoms with E-state index in [-0.39, 0.29) is 5.92 Å². The maximum Gasteiger partial charge on any atom is 0.318 e. The zero-order valence-corrected chi connectivity index (χ0v) is 19.8. The van der Waals surface area contributed by atoms with Crippen LogP contribution in [0.2, 0.25) is 0 Å². The molecule has 0 saturated heterocycles. The fourth-order valence-corrected chi connectivity index (χ4v) is 4.53. The van der Waals surface area contributed by atoms with Crippen molar-refractivity contribution in [3.05, 3.63) is 60.2 Å². The zero-order valence-electron chi connectivity index (χ0n) is 19.0. The SMILES string of the molecule is Cc1ccc(-c2cc(-c3nnc(S[C@@H](C(=O)NC(N)=O)C(C)C)n3N)c3ccccc3n2)cc1. The number of hydrogen-bond acceptors (Lipinski definition) is 7. The minimum Gasteiger partial charge on any atom is -0.351 e. The van der Waals surface area contributed by atoms with Gasteiger partial charge in [-0.3, -0.25) is 10.1 Å². The van der Waals surface area contributed by atoms with Gasteiger partial charge in [0.1, 0.15) is 0 Å². The Bertz CT molecular complexity index is 1370. The van der Waals surface area contributed by atoms with Crippen LogP contribution in [0, 0.1) is 12.8 Å². The van der Waals surface area contributed by atoms with E-state index in [0.29, 0.717) is 11.0 Å². The Kier molecular flexibility index (Phi) is 6.51. The molecule has 0 aliphatic heterocycles. The molecule has 9 nitrogen and oxygen atoms in total. The van der Waals surface area contributed by atoms with Crippen molar-refractivity contribution in [2.45, 2.75) is 31.2 Å². The summed E-state index contributed by atoms with van der Waals surface area (Å²) < 4.78 is 1.36. The molecule has 3 amide bonds. The summed E-state index contributed by atoms with van der Waals surface area (Å²) in [6, 6.07) is 16.9. The van der Waals surface area contributed by atoms with Gasteiger partial charge in [-0.2, -0.15) is 0 Å². The Morgan fingerprint density at radius 3 is 2.44 bits per heavy atom. The van der Waals surface area contributed by atoms with Gasteiger partial charge in [0.15, 0.2) is 5.82 Å². The molecule has 2 heterocycles. The van der Waals surface area contributed by atoms with Crippen LogP contribution in [-0.4, -0.2) is 37.0 Å². The number of imide groups is 1. The number of amides is 3. The summed E-state index contributed by atoms with van der Waals surface area (Å²) in [4.78, 5) is 28.4. The molecule has 2 aromatic carbocycles. The molecule has 4 rings (SSSR count). The van der Waals surface area contributed by atoms with Crippen molar-refractivity contribution in [2.24, 2.45) is 11.7 Å². The fraction of sp³-hybridized carbons (Fsp3) is 0.208. The van der Waals surface area contributed by atoms with Crippen LogP contribution in [0.3, 0.4) is 0 Å². The molecule has 174 valence electrons. The molecule has 0 saturated carbocycles. The molecule has 0 aliphatic rings. The standard InChI is InChI=1S/C24H25N7O2S/c1-13(2)20(22(32)28-23(25)33)34-24-30-29-21(31(24)26)17-12-19(15-10-8-14(3)9-11-15)27-18-7-5-4-6-16(17)18/h4-13,20H,26H2,1-3H3,(H3,25,28,32,33)/t20-/m1/s1. The van der Waals surface area contributed by atoms with Gasteiger partial charge in [-0.15, -0.1) is 10.2 Å². The van der Waals surface area contributed by atoms with Crippen LogP contribution < -0.4 is 16.9 Å². The number of nitrogens with two attached hydrogens (primary N) is 2. The number of nitrogens with zero attached hydrogens (tertiary/aromatic N) is 4. The van der Waals surface area contributed by atoms with Crippen LogP contribution in [0.15, 0.2) is 59.8 Å². The minimum atomic E-state index is -0.905. The minimum absolute atomic E-state index is 0.112. The number of aromatic nitrogens is 4. The van der Waals surface area contributed by atoms with Crippen LogP contribution in [0.4, 0.5) is 4.79 Å². The summed E-state index contributed by atoms with van der Waals surface area (Å²) >= 11 is 1.13. The third kappa shape index (κ3) is 4.72. The second-order valence-corrected chi connectivity index (χ2v) is 9.36. The lowest BCUT2D eigenvalue weighted by molar-refractivity contribution is -0.120. The Morgan fingerprint density at radius 2 is 1.76 bits per heavy atom. The second kappa shape index (κ2) is 9.52. The van der Waals surface area contributed by atoms with E-state index in [2.05, 4.69) is 15.5 Å². The van der Waals surface area contributed by atoms with E-state index in [0.717, 1.165) is 45.0 Å². The van der Waals surface area contributed by atoms with Crippen LogP contribution in [0.5, 0.6) is 0 Å². The Balaban J connectivity index is 1.77. The molecular weight excluding hydrogens is 450 g/mol. The van der Waals surface area contributed by atoms with Crippen molar-refractivity contribution in [1.29, 1.82) is 0 Å². The van der Waals surface area contributed by atoms with Crippen LogP contribution >= 0.6 is 11.8 Å². The van der Waals surface area contributed by atoms with Gasteiger partial charge in [-0.05, 0) is 25.0 Å². The molecule has 0 bridgehead atoms. The van der Waals surface area contributed by atoms with E-state index in [9.17, 15) is 9.59 Å². The summed E-state index contributed by atoms with van der Waals surface area (Å²) in [5, 5.41) is 11.3. The first-order chi connectivity index (χ1) is 16.2. The van der Waals surface area contributed by atoms with E-state index < -0.39 is 17.2 Å². The number of nitrogens with one attached hydrogen (secondary N) is 1. The summed E-state index contributed by atoms with van der Waals surface area (Å²) in [5.74, 6) is 6.23. The van der Waals surface area contributed by atoms with Crippen molar-refractivity contribution >= 4 is 34.6 Å². The number of pyridine rings is 1. The monoisotopic (exact) mass is 475 g/mol. The lowest BCUT2D eigenvalue weighted by Crippen LogP contribution is -2.42. The predicted octanol–water partition coefficient (Wildman–Crippen LogP) is 3.49. The molecule has 0 spiro atoms. The van der Waals surface area contributed by atoms with Crippen molar-refractivity contribution in [3.63, 3.8) is 0 Å². The second-order valence-electron chi connectivity index (χ2n) is 8.25. The van der Waals surface area contributed by atoms with Gasteiger partial charge in [0.2, 0.25) is 11.1 Å². The topological polar surface area (TPSA) is 142 Å². The highest BCUT2D eigenvalue weighted by molar-refractivity contribution is 8.00. The van der Waals surface area contributed by atoms with Gasteiger partial charge in [-0.1, -0.05) is 73.6 Å². The molecule has 0 fully saturated rings. The summed E-state index contributed by atoms with van der Waals surface area (Å²) in [5.41, 5.74) is 9.60. The van der Waals surface area contributed by atoms with Gasteiger partial charge in [0, 0.05) is 16.5 Å². The number of benzene rings is 2. The summed E-state index contributed by atoms with van der Waals surface area (Å²) in [7, 11) is 0. The Labute approximate surface area is 200 Å². The van der Waals surface area contributed by atoms with Crippen LogP contribution in [0.1, 0.15) is 19.4 Å². The molecule has 2 aromatic heterocycles. The molecule has 34 heavy (non-hydrogen) atoms. The zero-order chi connectivity index (χ0) is 24.4. The normalized spacial score (nSPS) is 12.1.